The molecule has 48 heavy (non-hydrogen) atoms. The summed E-state index contributed by atoms with van der Waals surface area (Å²) >= 11 is 6.43. The van der Waals surface area contributed by atoms with E-state index in [9.17, 15) is 13.8 Å². The number of carbonyl (C=O) groups is 2. The highest BCUT2D eigenvalue weighted by molar-refractivity contribution is 7.92. The highest BCUT2D eigenvalue weighted by atomic mass is 35.5. The molecule has 2 aromatic carbocycles. The third-order valence-electron chi connectivity index (χ3n) is 8.73. The van der Waals surface area contributed by atoms with Crippen molar-refractivity contribution >= 4 is 39.2 Å². The lowest BCUT2D eigenvalue weighted by Crippen LogP contribution is -2.43. The summed E-state index contributed by atoms with van der Waals surface area (Å²) in [7, 11) is -1.79. The highest BCUT2D eigenvalue weighted by Crippen LogP contribution is 2.42. The molecular formula is C37H50ClN3O6S. The van der Waals surface area contributed by atoms with E-state index in [1.54, 1.807) is 52.2 Å². The number of carbonyl (C=O) groups excluding carboxylic acids is 2. The van der Waals surface area contributed by atoms with Gasteiger partial charge in [0, 0.05) is 30.8 Å². The maximum Gasteiger partial charge on any atom is 0.420 e. The van der Waals surface area contributed by atoms with E-state index in [-0.39, 0.29) is 17.4 Å². The normalized spacial score (nSPS) is 19.8. The number of methoxy groups -OCH3 is 1. The fraction of sp³-hybridized carbons (Fsp3) is 0.514. The average molecular weight is 700 g/mol. The van der Waals surface area contributed by atoms with Gasteiger partial charge in [0.1, 0.15) is 21.3 Å². The van der Waals surface area contributed by atoms with E-state index < -0.39 is 27.5 Å². The van der Waals surface area contributed by atoms with Gasteiger partial charge in [-0.05, 0) is 119 Å². The highest BCUT2D eigenvalue weighted by Gasteiger charge is 2.37. The molecule has 2 aliphatic rings. The lowest BCUT2D eigenvalue weighted by Gasteiger charge is -2.43. The average Bonchev–Trinajstić information content (AvgIpc) is 3.03. The number of unbranched alkanes of at least 4 members (excludes halogenated alkanes) is 1. The van der Waals surface area contributed by atoms with Crippen molar-refractivity contribution in [3.63, 3.8) is 0 Å². The number of aryl methyl sites for hydroxylation is 1. The number of fused-ring (bicyclic) bond motifs is 2. The lowest BCUT2D eigenvalue weighted by molar-refractivity contribution is 0.0137. The van der Waals surface area contributed by atoms with E-state index in [0.717, 1.165) is 43.4 Å². The first kappa shape index (κ1) is 37.5. The fourth-order valence-corrected chi connectivity index (χ4v) is 7.86. The number of hydrogen-bond acceptors (Lipinski definition) is 7. The molecule has 1 heterocycles. The number of nitrogens with zero attached hydrogens (tertiary/aromatic N) is 2. The molecule has 4 atom stereocenters. The number of allylic oxidation sites excluding steroid dienone is 1. The summed E-state index contributed by atoms with van der Waals surface area (Å²) in [4.78, 5) is 28.7. The number of rotatable bonds is 11. The molecule has 0 saturated heterocycles. The second-order valence-corrected chi connectivity index (χ2v) is 16.0. The molecule has 1 saturated carbocycles. The SMILES string of the molecule is C=CCCCS(=O)(=NC(=O)c1ccc2c(c1)N(C[C@@H]1CC[C@H]1[C@H](C=C)OC)Cc1ccc(Cl)cc1CCCCO2)NC(=O)OC(C)(C)C. The van der Waals surface area contributed by atoms with Gasteiger partial charge in [-0.25, -0.2) is 13.7 Å². The second kappa shape index (κ2) is 16.9. The minimum Gasteiger partial charge on any atom is -0.491 e. The molecule has 1 aliphatic carbocycles. The predicted molar refractivity (Wildman–Crippen MR) is 193 cm³/mol. The number of anilines is 1. The van der Waals surface area contributed by atoms with Crippen molar-refractivity contribution in [2.75, 3.05) is 30.9 Å². The molecule has 9 nitrogen and oxygen atoms in total. The maximum absolute atomic E-state index is 13.9. The summed E-state index contributed by atoms with van der Waals surface area (Å²) in [5.41, 5.74) is 2.51. The minimum absolute atomic E-state index is 0.0312. The van der Waals surface area contributed by atoms with Gasteiger partial charge in [0.05, 0.1) is 24.2 Å². The Morgan fingerprint density at radius 3 is 2.62 bits per heavy atom. The molecule has 11 heteroatoms. The third-order valence-corrected chi connectivity index (χ3v) is 10.8. The number of amides is 2. The molecule has 262 valence electrons. The van der Waals surface area contributed by atoms with Crippen LogP contribution in [0.5, 0.6) is 5.75 Å². The van der Waals surface area contributed by atoms with Gasteiger partial charge in [-0.2, -0.15) is 0 Å². The van der Waals surface area contributed by atoms with Crippen LogP contribution in [0, 0.1) is 11.8 Å². The molecule has 1 aliphatic heterocycles. The van der Waals surface area contributed by atoms with Crippen LogP contribution in [0.25, 0.3) is 0 Å². The van der Waals surface area contributed by atoms with Gasteiger partial charge in [0.15, 0.2) is 0 Å². The number of hydrogen-bond donors (Lipinski definition) is 1. The summed E-state index contributed by atoms with van der Waals surface area (Å²) in [6.07, 6.45) is 8.34. The molecule has 1 N–H and O–H groups in total. The molecule has 0 bridgehead atoms. The van der Waals surface area contributed by atoms with Crippen molar-refractivity contribution in [3.05, 3.63) is 83.4 Å². The molecule has 0 radical (unpaired) electrons. The Kier molecular flexibility index (Phi) is 13.2. The Bertz CT molecular complexity index is 1600. The van der Waals surface area contributed by atoms with Gasteiger partial charge in [-0.15, -0.1) is 17.5 Å². The first-order valence-corrected chi connectivity index (χ1v) is 18.8. The van der Waals surface area contributed by atoms with Crippen molar-refractivity contribution < 1.29 is 28.0 Å². The lowest BCUT2D eigenvalue weighted by atomic mass is 9.70. The van der Waals surface area contributed by atoms with Gasteiger partial charge in [0.25, 0.3) is 5.91 Å². The zero-order valence-electron chi connectivity index (χ0n) is 28.7. The summed E-state index contributed by atoms with van der Waals surface area (Å²) < 4.78 is 37.8. The van der Waals surface area contributed by atoms with Crippen LogP contribution in [0.2, 0.25) is 5.02 Å². The topological polar surface area (TPSA) is 107 Å². The van der Waals surface area contributed by atoms with Crippen LogP contribution in [-0.2, 0) is 32.4 Å². The van der Waals surface area contributed by atoms with Crippen molar-refractivity contribution in [1.29, 1.82) is 0 Å². The van der Waals surface area contributed by atoms with Crippen molar-refractivity contribution in [3.8, 4) is 5.75 Å². The van der Waals surface area contributed by atoms with Crippen LogP contribution in [0.1, 0.15) is 80.8 Å². The number of benzene rings is 2. The molecule has 2 aromatic rings. The van der Waals surface area contributed by atoms with Crippen LogP contribution in [0.15, 0.2) is 66.1 Å². The van der Waals surface area contributed by atoms with Crippen LogP contribution in [-0.4, -0.2) is 53.9 Å². The zero-order chi connectivity index (χ0) is 34.9. The predicted octanol–water partition coefficient (Wildman–Crippen LogP) is 8.30. The van der Waals surface area contributed by atoms with Crippen LogP contribution >= 0.6 is 11.6 Å². The Balaban J connectivity index is 1.75. The van der Waals surface area contributed by atoms with Gasteiger partial charge < -0.3 is 19.1 Å². The molecular weight excluding hydrogens is 650 g/mol. The number of halogens is 1. The molecule has 2 amide bonds. The van der Waals surface area contributed by atoms with E-state index >= 15 is 0 Å². The standard InChI is InChI=1S/C37H50ClN3O6S/c1-7-9-12-21-48(44,40-36(43)47-37(3,4)5)39-35(42)27-16-19-34-32(23-27)41(25-29-15-18-31(29)33(8-2)45-6)24-28-14-17-30(38)22-26(28)13-10-11-20-46-34/h7-8,14,16-17,19,22-23,29,31,33H,1-2,9-13,15,18,20-21,24-25H2,3-6H3,(H,39,40,42,43,44)/t29-,31+,33-,48?/m0/s1. The van der Waals surface area contributed by atoms with Crippen LogP contribution < -0.4 is 14.4 Å². The van der Waals surface area contributed by atoms with E-state index in [1.165, 1.54) is 5.56 Å². The Labute approximate surface area is 291 Å². The van der Waals surface area contributed by atoms with E-state index in [1.807, 2.05) is 18.2 Å². The molecule has 0 aromatic heterocycles. The zero-order valence-corrected chi connectivity index (χ0v) is 30.2. The third kappa shape index (κ3) is 10.3. The van der Waals surface area contributed by atoms with Crippen molar-refractivity contribution in [2.45, 2.75) is 84.0 Å². The smallest absolute Gasteiger partial charge is 0.420 e. The molecule has 1 fully saturated rings. The Hall–Kier alpha value is -3.34. The maximum atomic E-state index is 13.9. The Morgan fingerprint density at radius 1 is 1.17 bits per heavy atom. The summed E-state index contributed by atoms with van der Waals surface area (Å²) in [6.45, 7) is 14.6. The summed E-state index contributed by atoms with van der Waals surface area (Å²) in [6, 6.07) is 11.2. The van der Waals surface area contributed by atoms with Gasteiger partial charge in [-0.1, -0.05) is 29.8 Å². The summed E-state index contributed by atoms with van der Waals surface area (Å²) in [5.74, 6) is 0.569. The van der Waals surface area contributed by atoms with Crippen molar-refractivity contribution in [1.82, 2.24) is 4.72 Å². The number of nitrogens with one attached hydrogen (secondary N) is 1. The van der Waals surface area contributed by atoms with E-state index in [0.29, 0.717) is 55.1 Å². The molecule has 0 spiro atoms. The van der Waals surface area contributed by atoms with E-state index in [2.05, 4.69) is 33.2 Å². The number of ether oxygens (including phenoxy) is 3. The minimum atomic E-state index is -3.50. The quantitative estimate of drug-likeness (QED) is 0.186. The van der Waals surface area contributed by atoms with Gasteiger partial charge in [-0.3, -0.25) is 4.79 Å². The first-order chi connectivity index (χ1) is 22.8. The summed E-state index contributed by atoms with van der Waals surface area (Å²) in [5, 5.41) is 0.700. The first-order valence-electron chi connectivity index (χ1n) is 16.7. The largest absolute Gasteiger partial charge is 0.491 e. The van der Waals surface area contributed by atoms with E-state index in [4.69, 9.17) is 25.8 Å². The monoisotopic (exact) mass is 699 g/mol. The van der Waals surface area contributed by atoms with Gasteiger partial charge in [0.2, 0.25) is 0 Å². The fourth-order valence-electron chi connectivity index (χ4n) is 6.20. The van der Waals surface area contributed by atoms with Gasteiger partial charge >= 0.3 is 6.09 Å². The molecule has 1 unspecified atom stereocenters. The Morgan fingerprint density at radius 2 is 1.96 bits per heavy atom. The molecule has 4 rings (SSSR count). The van der Waals surface area contributed by atoms with Crippen LogP contribution in [0.4, 0.5) is 10.5 Å². The van der Waals surface area contributed by atoms with Crippen LogP contribution in [0.3, 0.4) is 0 Å². The van der Waals surface area contributed by atoms with Crippen molar-refractivity contribution in [2.24, 2.45) is 16.2 Å². The second-order valence-electron chi connectivity index (χ2n) is 13.5.